The molecule has 0 saturated carbocycles. The maximum atomic E-state index is 12.5. The molecule has 162 valence electrons. The van der Waals surface area contributed by atoms with Crippen molar-refractivity contribution in [1.82, 2.24) is 20.0 Å². The van der Waals surface area contributed by atoms with Gasteiger partial charge in [0.05, 0.1) is 13.4 Å². The van der Waals surface area contributed by atoms with Gasteiger partial charge in [-0.1, -0.05) is 0 Å². The predicted molar refractivity (Wildman–Crippen MR) is 117 cm³/mol. The van der Waals surface area contributed by atoms with Gasteiger partial charge in [-0.05, 0) is 67.8 Å². The van der Waals surface area contributed by atoms with Crippen LogP contribution in [0.5, 0.6) is 5.75 Å². The average Bonchev–Trinajstić information content (AvgIpc) is 3.48. The fourth-order valence-corrected chi connectivity index (χ4v) is 5.11. The summed E-state index contributed by atoms with van der Waals surface area (Å²) in [6, 6.07) is 13.6. The number of methoxy groups -OCH3 is 1. The first-order valence-corrected chi connectivity index (χ1v) is 10.9. The van der Waals surface area contributed by atoms with E-state index in [-0.39, 0.29) is 5.91 Å². The van der Waals surface area contributed by atoms with Gasteiger partial charge >= 0.3 is 0 Å². The lowest BCUT2D eigenvalue weighted by atomic mass is 9.74. The van der Waals surface area contributed by atoms with Crippen LogP contribution >= 0.6 is 0 Å². The van der Waals surface area contributed by atoms with Crippen LogP contribution < -0.4 is 10.1 Å². The van der Waals surface area contributed by atoms with Gasteiger partial charge in [0, 0.05) is 43.4 Å². The summed E-state index contributed by atoms with van der Waals surface area (Å²) in [5, 5.41) is 7.80. The van der Waals surface area contributed by atoms with Crippen molar-refractivity contribution in [2.45, 2.75) is 24.8 Å². The molecule has 0 aliphatic carbocycles. The zero-order valence-electron chi connectivity index (χ0n) is 18.0. The third kappa shape index (κ3) is 3.85. The first kappa shape index (κ1) is 19.9. The highest BCUT2D eigenvalue weighted by Gasteiger charge is 2.41. The van der Waals surface area contributed by atoms with E-state index in [0.717, 1.165) is 36.7 Å². The summed E-state index contributed by atoms with van der Waals surface area (Å²) in [6.07, 6.45) is 3.96. The molecule has 0 spiro atoms. The number of ether oxygens (including phenoxy) is 1. The Balaban J connectivity index is 1.23. The van der Waals surface area contributed by atoms with Gasteiger partial charge in [-0.2, -0.15) is 5.10 Å². The van der Waals surface area contributed by atoms with Crippen LogP contribution in [0, 0.1) is 5.92 Å². The number of carbonyl (C=O) groups is 1. The first-order valence-electron chi connectivity index (χ1n) is 10.9. The SMILES string of the molecule is COc1ccc(C(=O)NCC2CC3CCN2CC3c2cc(-c3ccco3)nn2C)cc1. The molecule has 1 aromatic carbocycles. The maximum absolute atomic E-state index is 12.5. The van der Waals surface area contributed by atoms with Crippen LogP contribution in [0.2, 0.25) is 0 Å². The minimum atomic E-state index is -0.0309. The molecule has 1 N–H and O–H groups in total. The molecule has 5 heterocycles. The second-order valence-corrected chi connectivity index (χ2v) is 8.53. The highest BCUT2D eigenvalue weighted by atomic mass is 16.5. The van der Waals surface area contributed by atoms with E-state index >= 15 is 0 Å². The van der Waals surface area contributed by atoms with Gasteiger partial charge in [-0.3, -0.25) is 14.4 Å². The molecule has 7 nitrogen and oxygen atoms in total. The van der Waals surface area contributed by atoms with Gasteiger partial charge in [0.15, 0.2) is 5.76 Å². The van der Waals surface area contributed by atoms with Gasteiger partial charge in [0.2, 0.25) is 0 Å². The van der Waals surface area contributed by atoms with E-state index < -0.39 is 0 Å². The number of piperidine rings is 3. The van der Waals surface area contributed by atoms with Crippen LogP contribution in [0.1, 0.15) is 34.8 Å². The van der Waals surface area contributed by atoms with Crippen molar-refractivity contribution in [3.8, 4) is 17.2 Å². The number of fused-ring (bicyclic) bond motifs is 3. The Kier molecular flexibility index (Phi) is 5.28. The summed E-state index contributed by atoms with van der Waals surface area (Å²) >= 11 is 0. The lowest BCUT2D eigenvalue weighted by Gasteiger charge is -2.50. The molecule has 1 amide bonds. The lowest BCUT2D eigenvalue weighted by molar-refractivity contribution is 0.0280. The quantitative estimate of drug-likeness (QED) is 0.663. The number of carbonyl (C=O) groups excluding carboxylic acids is 1. The topological polar surface area (TPSA) is 72.5 Å². The number of hydrogen-bond donors (Lipinski definition) is 1. The summed E-state index contributed by atoms with van der Waals surface area (Å²) in [5.41, 5.74) is 2.82. The number of aromatic nitrogens is 2. The Morgan fingerprint density at radius 2 is 2.13 bits per heavy atom. The second-order valence-electron chi connectivity index (χ2n) is 8.53. The van der Waals surface area contributed by atoms with E-state index in [9.17, 15) is 4.79 Å². The van der Waals surface area contributed by atoms with Crippen LogP contribution in [0.4, 0.5) is 0 Å². The fourth-order valence-electron chi connectivity index (χ4n) is 5.11. The Labute approximate surface area is 182 Å². The van der Waals surface area contributed by atoms with Gasteiger partial charge < -0.3 is 14.5 Å². The maximum Gasteiger partial charge on any atom is 0.251 e. The van der Waals surface area contributed by atoms with Crippen LogP contribution in [-0.4, -0.2) is 53.4 Å². The molecule has 3 aromatic rings. The van der Waals surface area contributed by atoms with Crippen molar-refractivity contribution in [1.29, 1.82) is 0 Å². The van der Waals surface area contributed by atoms with E-state index in [1.165, 1.54) is 12.1 Å². The van der Waals surface area contributed by atoms with Crippen molar-refractivity contribution in [3.63, 3.8) is 0 Å². The Morgan fingerprint density at radius 1 is 1.29 bits per heavy atom. The summed E-state index contributed by atoms with van der Waals surface area (Å²) in [4.78, 5) is 15.1. The predicted octanol–water partition coefficient (Wildman–Crippen LogP) is 3.30. The molecule has 3 saturated heterocycles. The fraction of sp³-hybridized carbons (Fsp3) is 0.417. The molecule has 0 radical (unpaired) electrons. The molecule has 31 heavy (non-hydrogen) atoms. The van der Waals surface area contributed by atoms with E-state index in [4.69, 9.17) is 9.15 Å². The molecular formula is C24H28N4O3. The molecular weight excluding hydrogens is 392 g/mol. The van der Waals surface area contributed by atoms with Crippen molar-refractivity contribution in [2.75, 3.05) is 26.7 Å². The van der Waals surface area contributed by atoms with Crippen molar-refractivity contribution < 1.29 is 13.9 Å². The second kappa shape index (κ2) is 8.23. The average molecular weight is 421 g/mol. The molecule has 2 bridgehead atoms. The molecule has 7 heteroatoms. The molecule has 3 fully saturated rings. The third-order valence-electron chi connectivity index (χ3n) is 6.80. The van der Waals surface area contributed by atoms with Gasteiger partial charge in [0.25, 0.3) is 5.91 Å². The highest BCUT2D eigenvalue weighted by Crippen LogP contribution is 2.42. The minimum Gasteiger partial charge on any atom is -0.497 e. The van der Waals surface area contributed by atoms with E-state index in [2.05, 4.69) is 21.4 Å². The Bertz CT molecular complexity index is 1040. The zero-order chi connectivity index (χ0) is 21.4. The number of furan rings is 1. The van der Waals surface area contributed by atoms with Crippen molar-refractivity contribution in [3.05, 3.63) is 60.0 Å². The molecule has 6 rings (SSSR count). The molecule has 3 aliphatic rings. The number of benzene rings is 1. The summed E-state index contributed by atoms with van der Waals surface area (Å²) in [5.74, 6) is 2.60. The van der Waals surface area contributed by atoms with Gasteiger partial charge in [0.1, 0.15) is 11.4 Å². The van der Waals surface area contributed by atoms with Crippen LogP contribution in [0.25, 0.3) is 11.5 Å². The molecule has 3 aliphatic heterocycles. The summed E-state index contributed by atoms with van der Waals surface area (Å²) in [6.45, 7) is 2.77. The Morgan fingerprint density at radius 3 is 2.81 bits per heavy atom. The number of nitrogens with zero attached hydrogens (tertiary/aromatic N) is 3. The first-order chi connectivity index (χ1) is 15.1. The summed E-state index contributed by atoms with van der Waals surface area (Å²) in [7, 11) is 3.64. The third-order valence-corrected chi connectivity index (χ3v) is 6.80. The monoisotopic (exact) mass is 420 g/mol. The smallest absolute Gasteiger partial charge is 0.251 e. The number of rotatable bonds is 6. The largest absolute Gasteiger partial charge is 0.497 e. The zero-order valence-corrected chi connectivity index (χ0v) is 18.0. The van der Waals surface area contributed by atoms with Crippen LogP contribution in [0.15, 0.2) is 53.1 Å². The number of aryl methyl sites for hydroxylation is 1. The number of hydrogen-bond acceptors (Lipinski definition) is 5. The summed E-state index contributed by atoms with van der Waals surface area (Å²) < 4.78 is 12.7. The molecule has 4 unspecified atom stereocenters. The number of nitrogens with one attached hydrogen (secondary N) is 1. The van der Waals surface area contributed by atoms with E-state index in [0.29, 0.717) is 30.0 Å². The number of amides is 1. The van der Waals surface area contributed by atoms with Gasteiger partial charge in [-0.15, -0.1) is 0 Å². The Hall–Kier alpha value is -3.06. The molecule has 4 atom stereocenters. The normalized spacial score (nSPS) is 24.8. The van der Waals surface area contributed by atoms with Crippen molar-refractivity contribution in [2.24, 2.45) is 13.0 Å². The van der Waals surface area contributed by atoms with Crippen LogP contribution in [0.3, 0.4) is 0 Å². The van der Waals surface area contributed by atoms with E-state index in [1.807, 2.05) is 36.0 Å². The van der Waals surface area contributed by atoms with E-state index in [1.54, 1.807) is 25.5 Å². The lowest BCUT2D eigenvalue weighted by Crippen LogP contribution is -2.56. The minimum absolute atomic E-state index is 0.0309. The van der Waals surface area contributed by atoms with Crippen molar-refractivity contribution >= 4 is 5.91 Å². The van der Waals surface area contributed by atoms with Gasteiger partial charge in [-0.25, -0.2) is 0 Å². The van der Waals surface area contributed by atoms with Crippen LogP contribution in [-0.2, 0) is 7.05 Å². The highest BCUT2D eigenvalue weighted by molar-refractivity contribution is 5.94. The standard InChI is InChI=1S/C24H28N4O3/c1-27-22(13-21(26-27)23-4-3-11-31-23)20-15-28-10-9-17(20)12-18(28)14-25-24(29)16-5-7-19(30-2)8-6-16/h3-8,11,13,17-18,20H,9-10,12,14-15H2,1-2H3,(H,25,29). The molecule has 2 aromatic heterocycles.